The van der Waals surface area contributed by atoms with Gasteiger partial charge in [0, 0.05) is 27.3 Å². The van der Waals surface area contributed by atoms with Gasteiger partial charge in [-0.25, -0.2) is 0 Å². The molecule has 0 aromatic rings. The number of hydrogen-bond acceptors (Lipinski definition) is 7. The lowest BCUT2D eigenvalue weighted by Crippen LogP contribution is -2.46. The van der Waals surface area contributed by atoms with E-state index in [4.69, 9.17) is 9.47 Å². The average molecular weight is 302 g/mol. The highest BCUT2D eigenvalue weighted by molar-refractivity contribution is 5.73. The number of nitrogens with zero attached hydrogens (tertiary/aromatic N) is 1. The highest BCUT2D eigenvalue weighted by atomic mass is 16.6. The zero-order valence-corrected chi connectivity index (χ0v) is 12.7. The number of rotatable bonds is 5. The Balaban J connectivity index is 2.98. The molecule has 2 N–H and O–H groups in total. The first-order valence-electron chi connectivity index (χ1n) is 6.69. The number of likely N-dealkylation sites (tertiary alicyclic amines) is 1. The highest BCUT2D eigenvalue weighted by Crippen LogP contribution is 2.28. The van der Waals surface area contributed by atoms with Gasteiger partial charge in [0.1, 0.15) is 0 Å². The predicted molar refractivity (Wildman–Crippen MR) is 72.2 cm³/mol. The van der Waals surface area contributed by atoms with E-state index >= 15 is 0 Å². The summed E-state index contributed by atoms with van der Waals surface area (Å²) < 4.78 is 10.5. The molecule has 0 saturated carbocycles. The van der Waals surface area contributed by atoms with Crippen LogP contribution >= 0.6 is 0 Å². The van der Waals surface area contributed by atoms with Crippen molar-refractivity contribution in [3.63, 3.8) is 0 Å². The molecule has 1 rings (SSSR count). The molecule has 1 aliphatic heterocycles. The molecule has 21 heavy (non-hydrogen) atoms. The third kappa shape index (κ3) is 4.40. The molecule has 0 bridgehead atoms. The van der Waals surface area contributed by atoms with E-state index in [1.54, 1.807) is 11.9 Å². The minimum absolute atomic E-state index is 0.220. The van der Waals surface area contributed by atoms with Gasteiger partial charge in [-0.3, -0.25) is 19.3 Å². The minimum Gasteiger partial charge on any atom is -0.457 e. The van der Waals surface area contributed by atoms with Crippen molar-refractivity contribution < 1.29 is 29.0 Å². The maximum atomic E-state index is 11.3. The molecule has 0 aliphatic carbocycles. The van der Waals surface area contributed by atoms with Crippen LogP contribution < -0.4 is 5.32 Å². The van der Waals surface area contributed by atoms with Crippen LogP contribution in [0.2, 0.25) is 0 Å². The fraction of sp³-hybridized carbons (Fsp3) is 0.769. The standard InChI is InChI=1S/C13H22N2O6/c1-7(17)14-5-10-12(20-8(2)18)13(21-9(3)19)11(6-16)15(10)4/h10-13,16H,5-6H2,1-4H3,(H,14,17). The SMILES string of the molecule is CC(=O)NCC1C(OC(C)=O)C(OC(C)=O)C(CO)N1C. The Labute approximate surface area is 123 Å². The minimum atomic E-state index is -0.778. The molecule has 0 aromatic carbocycles. The summed E-state index contributed by atoms with van der Waals surface area (Å²) in [5.74, 6) is -1.26. The van der Waals surface area contributed by atoms with E-state index in [0.717, 1.165) is 0 Å². The first-order valence-corrected chi connectivity index (χ1v) is 6.69. The van der Waals surface area contributed by atoms with Crippen LogP contribution in [0, 0.1) is 0 Å². The van der Waals surface area contributed by atoms with Gasteiger partial charge in [-0.15, -0.1) is 0 Å². The van der Waals surface area contributed by atoms with Crippen LogP contribution in [0.1, 0.15) is 20.8 Å². The Morgan fingerprint density at radius 3 is 1.90 bits per heavy atom. The van der Waals surface area contributed by atoms with Crippen LogP contribution in [0.25, 0.3) is 0 Å². The van der Waals surface area contributed by atoms with Crippen molar-refractivity contribution in [2.75, 3.05) is 20.2 Å². The molecule has 1 amide bonds. The van der Waals surface area contributed by atoms with Crippen LogP contribution in [-0.2, 0) is 23.9 Å². The second-order valence-corrected chi connectivity index (χ2v) is 5.07. The van der Waals surface area contributed by atoms with Crippen molar-refractivity contribution in [2.24, 2.45) is 0 Å². The van der Waals surface area contributed by atoms with Gasteiger partial charge in [0.25, 0.3) is 0 Å². The van der Waals surface area contributed by atoms with Crippen LogP contribution in [-0.4, -0.2) is 72.3 Å². The third-order valence-electron chi connectivity index (χ3n) is 3.48. The molecule has 0 aromatic heterocycles. The summed E-state index contributed by atoms with van der Waals surface area (Å²) in [6.45, 7) is 3.84. The maximum absolute atomic E-state index is 11.3. The Hall–Kier alpha value is -1.67. The average Bonchev–Trinajstić information content (AvgIpc) is 2.58. The summed E-state index contributed by atoms with van der Waals surface area (Å²) in [5, 5.41) is 12.2. The number of hydrogen-bond donors (Lipinski definition) is 2. The molecule has 8 heteroatoms. The molecule has 1 heterocycles. The van der Waals surface area contributed by atoms with Gasteiger partial charge in [-0.1, -0.05) is 0 Å². The largest absolute Gasteiger partial charge is 0.457 e. The lowest BCUT2D eigenvalue weighted by molar-refractivity contribution is -0.164. The van der Waals surface area contributed by atoms with E-state index in [2.05, 4.69) is 5.32 Å². The van der Waals surface area contributed by atoms with Gasteiger partial charge in [-0.2, -0.15) is 0 Å². The molecule has 120 valence electrons. The monoisotopic (exact) mass is 302 g/mol. The van der Waals surface area contributed by atoms with Crippen LogP contribution in [0.4, 0.5) is 0 Å². The van der Waals surface area contributed by atoms with Gasteiger partial charge in [0.15, 0.2) is 12.2 Å². The highest BCUT2D eigenvalue weighted by Gasteiger charge is 2.50. The van der Waals surface area contributed by atoms with Gasteiger partial charge < -0.3 is 19.9 Å². The predicted octanol–water partition coefficient (Wildman–Crippen LogP) is -1.34. The van der Waals surface area contributed by atoms with E-state index in [-0.39, 0.29) is 25.1 Å². The fourth-order valence-corrected chi connectivity index (χ4v) is 2.56. The van der Waals surface area contributed by atoms with E-state index < -0.39 is 30.2 Å². The summed E-state index contributed by atoms with van der Waals surface area (Å²) in [7, 11) is 1.72. The molecule has 0 radical (unpaired) electrons. The third-order valence-corrected chi connectivity index (χ3v) is 3.48. The second kappa shape index (κ2) is 7.37. The summed E-state index contributed by atoms with van der Waals surface area (Å²) in [6.07, 6.45) is -1.53. The molecule has 1 saturated heterocycles. The van der Waals surface area contributed by atoms with Gasteiger partial charge in [0.2, 0.25) is 5.91 Å². The van der Waals surface area contributed by atoms with Crippen molar-refractivity contribution in [2.45, 2.75) is 45.1 Å². The fourth-order valence-electron chi connectivity index (χ4n) is 2.56. The van der Waals surface area contributed by atoms with Gasteiger partial charge >= 0.3 is 11.9 Å². The van der Waals surface area contributed by atoms with Crippen LogP contribution in [0.5, 0.6) is 0 Å². The lowest BCUT2D eigenvalue weighted by Gasteiger charge is -2.25. The van der Waals surface area contributed by atoms with Crippen molar-refractivity contribution in [3.8, 4) is 0 Å². The number of aliphatic hydroxyl groups is 1. The molecule has 0 spiro atoms. The number of ether oxygens (including phenoxy) is 2. The number of nitrogens with one attached hydrogen (secondary N) is 1. The smallest absolute Gasteiger partial charge is 0.303 e. The number of esters is 2. The van der Waals surface area contributed by atoms with Crippen LogP contribution in [0.15, 0.2) is 0 Å². The molecule has 8 nitrogen and oxygen atoms in total. The molecular weight excluding hydrogens is 280 g/mol. The number of aliphatic hydroxyl groups excluding tert-OH is 1. The molecule has 4 unspecified atom stereocenters. The molecule has 1 aliphatic rings. The number of likely N-dealkylation sites (N-methyl/N-ethyl adjacent to an activating group) is 1. The molecule has 1 fully saturated rings. The Kier molecular flexibility index (Phi) is 6.10. The molecular formula is C13H22N2O6. The Bertz CT molecular complexity index is 413. The first kappa shape index (κ1) is 17.4. The van der Waals surface area contributed by atoms with Crippen LogP contribution in [0.3, 0.4) is 0 Å². The number of carbonyl (C=O) groups excluding carboxylic acids is 3. The van der Waals surface area contributed by atoms with E-state index in [1.807, 2.05) is 0 Å². The van der Waals surface area contributed by atoms with Crippen molar-refractivity contribution in [3.05, 3.63) is 0 Å². The Morgan fingerprint density at radius 1 is 1.05 bits per heavy atom. The summed E-state index contributed by atoms with van der Waals surface area (Å²) >= 11 is 0. The van der Waals surface area contributed by atoms with Crippen molar-refractivity contribution >= 4 is 17.8 Å². The molecule has 4 atom stereocenters. The summed E-state index contributed by atoms with van der Waals surface area (Å²) in [6, 6.07) is -0.892. The van der Waals surface area contributed by atoms with Crippen molar-refractivity contribution in [1.29, 1.82) is 0 Å². The van der Waals surface area contributed by atoms with Gasteiger partial charge in [-0.05, 0) is 7.05 Å². The quantitative estimate of drug-likeness (QED) is 0.606. The number of carbonyl (C=O) groups is 3. The van der Waals surface area contributed by atoms with Gasteiger partial charge in [0.05, 0.1) is 18.7 Å². The maximum Gasteiger partial charge on any atom is 0.303 e. The van der Waals surface area contributed by atoms with E-state index in [1.165, 1.54) is 20.8 Å². The second-order valence-electron chi connectivity index (χ2n) is 5.07. The summed E-state index contributed by atoms with van der Waals surface area (Å²) in [5.41, 5.74) is 0. The first-order chi connectivity index (χ1) is 9.77. The van der Waals surface area contributed by atoms with Crippen molar-refractivity contribution in [1.82, 2.24) is 10.2 Å². The van der Waals surface area contributed by atoms with E-state index in [0.29, 0.717) is 0 Å². The normalized spacial score (nSPS) is 29.0. The zero-order chi connectivity index (χ0) is 16.2. The topological polar surface area (TPSA) is 105 Å². The zero-order valence-electron chi connectivity index (χ0n) is 12.7. The lowest BCUT2D eigenvalue weighted by atomic mass is 10.1. The summed E-state index contributed by atoms with van der Waals surface area (Å²) in [4.78, 5) is 35.3. The number of amides is 1. The Morgan fingerprint density at radius 2 is 1.52 bits per heavy atom. The van der Waals surface area contributed by atoms with E-state index in [9.17, 15) is 19.5 Å².